The lowest BCUT2D eigenvalue weighted by Crippen LogP contribution is -2.44. The zero-order valence-corrected chi connectivity index (χ0v) is 64.6. The standard InChI is InChI=1S/C86H165NO8/c1-6-8-10-12-14-16-18-20-22-24-26-28-30-32-34-36-38-40-41-42-43-45-46-48-50-52-54-56-58-60-62-64-66-68-70-72-74-76-83(88)93-80-82(81-94-86(85(90)91)92-79-78-87(3,4)5)95-84(89)77-75-73-71-69-67-65-63-61-59-57-55-53-51-49-47-44-39-37-35-33-31-29-27-25-23-21-19-17-15-13-11-9-7-2/h19,21,25,27,82,86H,6-18,20,22-24,26,28-81H2,1-5H3/b21-19-,27-25-. The number of rotatable bonds is 81. The third-order valence-electron chi connectivity index (χ3n) is 19.7. The molecule has 0 aliphatic rings. The van der Waals surface area contributed by atoms with E-state index in [1.807, 2.05) is 21.1 Å². The number of aliphatic carboxylic acids is 1. The van der Waals surface area contributed by atoms with Gasteiger partial charge >= 0.3 is 11.9 Å². The number of likely N-dealkylation sites (N-methyl/N-ethyl adjacent to an activating group) is 1. The van der Waals surface area contributed by atoms with Gasteiger partial charge in [-0.2, -0.15) is 0 Å². The van der Waals surface area contributed by atoms with E-state index in [1.165, 1.54) is 379 Å². The first-order valence-electron chi connectivity index (χ1n) is 42.5. The van der Waals surface area contributed by atoms with Gasteiger partial charge in [-0.15, -0.1) is 0 Å². The van der Waals surface area contributed by atoms with E-state index in [0.29, 0.717) is 17.4 Å². The molecule has 0 aliphatic carbocycles. The number of esters is 2. The van der Waals surface area contributed by atoms with Crippen LogP contribution in [0.2, 0.25) is 0 Å². The van der Waals surface area contributed by atoms with E-state index in [4.69, 9.17) is 18.9 Å². The average Bonchev–Trinajstić information content (AvgIpc) is 3.75. The molecule has 0 rings (SSSR count). The van der Waals surface area contributed by atoms with Gasteiger partial charge in [-0.05, 0) is 44.9 Å². The van der Waals surface area contributed by atoms with Crippen molar-refractivity contribution in [1.29, 1.82) is 0 Å². The summed E-state index contributed by atoms with van der Waals surface area (Å²) in [5.74, 6) is -2.24. The molecule has 0 amide bonds. The van der Waals surface area contributed by atoms with Gasteiger partial charge in [0.2, 0.25) is 0 Å². The second-order valence-corrected chi connectivity index (χ2v) is 30.5. The van der Waals surface area contributed by atoms with Crippen molar-refractivity contribution >= 4 is 17.9 Å². The number of hydrogen-bond acceptors (Lipinski definition) is 8. The van der Waals surface area contributed by atoms with Gasteiger partial charge in [0.05, 0.1) is 40.3 Å². The Labute approximate surface area is 592 Å². The molecule has 0 spiro atoms. The average molecular weight is 1340 g/mol. The molecule has 2 atom stereocenters. The summed E-state index contributed by atoms with van der Waals surface area (Å²) in [5.41, 5.74) is 0. The second-order valence-electron chi connectivity index (χ2n) is 30.5. The largest absolute Gasteiger partial charge is 0.545 e. The molecule has 9 nitrogen and oxygen atoms in total. The summed E-state index contributed by atoms with van der Waals surface area (Å²) in [5, 5.41) is 11.9. The molecular formula is C86H165NO8. The Bertz CT molecular complexity index is 1610. The fraction of sp³-hybridized carbons (Fsp3) is 0.919. The Balaban J connectivity index is 3.92. The monoisotopic (exact) mass is 1340 g/mol. The van der Waals surface area contributed by atoms with Crippen molar-refractivity contribution in [2.45, 2.75) is 463 Å². The van der Waals surface area contributed by atoms with Gasteiger partial charge in [-0.1, -0.05) is 417 Å². The Morgan fingerprint density at radius 1 is 0.316 bits per heavy atom. The lowest BCUT2D eigenvalue weighted by molar-refractivity contribution is -0.870. The van der Waals surface area contributed by atoms with Crippen LogP contribution in [-0.2, 0) is 33.3 Å². The molecule has 0 saturated heterocycles. The molecule has 562 valence electrons. The lowest BCUT2D eigenvalue weighted by atomic mass is 10.0. The fourth-order valence-corrected chi connectivity index (χ4v) is 13.2. The van der Waals surface area contributed by atoms with E-state index in [-0.39, 0.29) is 32.2 Å². The molecular weight excluding hydrogens is 1170 g/mol. The van der Waals surface area contributed by atoms with Gasteiger partial charge in [0, 0.05) is 12.8 Å². The van der Waals surface area contributed by atoms with Gasteiger partial charge < -0.3 is 33.3 Å². The predicted molar refractivity (Wildman–Crippen MR) is 408 cm³/mol. The summed E-state index contributed by atoms with van der Waals surface area (Å²) in [4.78, 5) is 37.6. The molecule has 0 fully saturated rings. The zero-order valence-electron chi connectivity index (χ0n) is 64.6. The van der Waals surface area contributed by atoms with E-state index < -0.39 is 24.3 Å². The first kappa shape index (κ1) is 92.8. The number of carboxylic acid groups (broad SMARTS) is 1. The van der Waals surface area contributed by atoms with Crippen LogP contribution >= 0.6 is 0 Å². The van der Waals surface area contributed by atoms with Crippen LogP contribution < -0.4 is 5.11 Å². The number of quaternary nitrogens is 1. The minimum atomic E-state index is -1.62. The smallest absolute Gasteiger partial charge is 0.306 e. The van der Waals surface area contributed by atoms with Crippen LogP contribution in [0.1, 0.15) is 450 Å². The van der Waals surface area contributed by atoms with Crippen molar-refractivity contribution in [1.82, 2.24) is 0 Å². The molecule has 0 radical (unpaired) electrons. The van der Waals surface area contributed by atoms with Crippen molar-refractivity contribution in [3.63, 3.8) is 0 Å². The van der Waals surface area contributed by atoms with Crippen LogP contribution in [0.4, 0.5) is 0 Å². The maximum absolute atomic E-state index is 13.0. The highest BCUT2D eigenvalue weighted by Crippen LogP contribution is 2.21. The SMILES string of the molecule is CCCCCCC/C=C\C/C=C\CCCCCCCCCCCCCCCCCCCCCCCC(=O)OC(COC(=O)CCCCCCCCCCCCCCCCCCCCCCCCCCCCCCCCCCCCCCC)COC(OCC[N+](C)(C)C)C(=O)[O-]. The summed E-state index contributed by atoms with van der Waals surface area (Å²) >= 11 is 0. The first-order chi connectivity index (χ1) is 46.6. The second kappa shape index (κ2) is 77.5. The zero-order chi connectivity index (χ0) is 69.0. The normalized spacial score (nSPS) is 12.6. The van der Waals surface area contributed by atoms with Crippen LogP contribution in [-0.4, -0.2) is 82.3 Å². The molecule has 95 heavy (non-hydrogen) atoms. The van der Waals surface area contributed by atoms with Gasteiger partial charge in [0.1, 0.15) is 13.2 Å². The van der Waals surface area contributed by atoms with Gasteiger partial charge in [-0.3, -0.25) is 9.59 Å². The van der Waals surface area contributed by atoms with E-state index in [9.17, 15) is 19.5 Å². The summed E-state index contributed by atoms with van der Waals surface area (Å²) in [7, 11) is 5.96. The van der Waals surface area contributed by atoms with Crippen LogP contribution in [0.5, 0.6) is 0 Å². The molecule has 0 bridgehead atoms. The summed E-state index contributed by atoms with van der Waals surface area (Å²) < 4.78 is 22.9. The maximum Gasteiger partial charge on any atom is 0.306 e. The number of ether oxygens (including phenoxy) is 4. The number of nitrogens with zero attached hydrogens (tertiary/aromatic N) is 1. The van der Waals surface area contributed by atoms with Crippen LogP contribution in [0.25, 0.3) is 0 Å². The van der Waals surface area contributed by atoms with Gasteiger partial charge in [0.25, 0.3) is 0 Å². The lowest BCUT2D eigenvalue weighted by Gasteiger charge is -2.26. The Hall–Kier alpha value is -2.23. The molecule has 0 aromatic rings. The molecule has 0 aromatic heterocycles. The number of allylic oxidation sites excluding steroid dienone is 4. The molecule has 0 saturated carbocycles. The van der Waals surface area contributed by atoms with Gasteiger partial charge in [-0.25, -0.2) is 0 Å². The molecule has 0 N–H and O–H groups in total. The first-order valence-corrected chi connectivity index (χ1v) is 42.5. The third kappa shape index (κ3) is 79.0. The van der Waals surface area contributed by atoms with E-state index in [2.05, 4.69) is 38.2 Å². The van der Waals surface area contributed by atoms with E-state index in [0.717, 1.165) is 44.9 Å². The predicted octanol–water partition coefficient (Wildman–Crippen LogP) is 25.9. The summed E-state index contributed by atoms with van der Waals surface area (Å²) in [6.45, 7) is 4.83. The van der Waals surface area contributed by atoms with Crippen molar-refractivity contribution in [2.75, 3.05) is 47.5 Å². The number of carboxylic acids is 1. The highest BCUT2D eigenvalue weighted by atomic mass is 16.7. The van der Waals surface area contributed by atoms with E-state index in [1.54, 1.807) is 0 Å². The summed E-state index contributed by atoms with van der Waals surface area (Å²) in [6.07, 6.45) is 96.2. The van der Waals surface area contributed by atoms with Crippen molar-refractivity contribution < 1.29 is 42.9 Å². The number of carbonyl (C=O) groups is 3. The highest BCUT2D eigenvalue weighted by molar-refractivity contribution is 5.70. The Kier molecular flexibility index (Phi) is 75.7. The van der Waals surface area contributed by atoms with Crippen LogP contribution in [0.3, 0.4) is 0 Å². The molecule has 9 heteroatoms. The van der Waals surface area contributed by atoms with E-state index >= 15 is 0 Å². The molecule has 2 unspecified atom stereocenters. The van der Waals surface area contributed by atoms with Gasteiger partial charge in [0.15, 0.2) is 12.4 Å². The van der Waals surface area contributed by atoms with Crippen molar-refractivity contribution in [3.05, 3.63) is 24.3 Å². The molecule has 0 heterocycles. The topological polar surface area (TPSA) is 111 Å². The summed E-state index contributed by atoms with van der Waals surface area (Å²) in [6, 6.07) is 0. The van der Waals surface area contributed by atoms with Crippen LogP contribution in [0, 0.1) is 0 Å². The quantitative estimate of drug-likeness (QED) is 0.0195. The number of hydrogen-bond donors (Lipinski definition) is 0. The number of unbranched alkanes of at least 4 members (excludes halogenated alkanes) is 62. The molecule has 0 aliphatic heterocycles. The Morgan fingerprint density at radius 3 is 0.832 bits per heavy atom. The van der Waals surface area contributed by atoms with Crippen LogP contribution in [0.15, 0.2) is 24.3 Å². The Morgan fingerprint density at radius 2 is 0.568 bits per heavy atom. The fourth-order valence-electron chi connectivity index (χ4n) is 13.2. The van der Waals surface area contributed by atoms with Crippen molar-refractivity contribution in [2.24, 2.45) is 0 Å². The highest BCUT2D eigenvalue weighted by Gasteiger charge is 2.22. The molecule has 0 aromatic carbocycles. The van der Waals surface area contributed by atoms with Crippen molar-refractivity contribution in [3.8, 4) is 0 Å². The third-order valence-corrected chi connectivity index (χ3v) is 19.7. The minimum absolute atomic E-state index is 0.152. The maximum atomic E-state index is 13.0. The minimum Gasteiger partial charge on any atom is -0.545 e. The number of carbonyl (C=O) groups excluding carboxylic acids is 3.